The van der Waals surface area contributed by atoms with E-state index in [1.165, 1.54) is 17.5 Å². The van der Waals surface area contributed by atoms with Crippen LogP contribution >= 0.6 is 11.6 Å². The number of hydrogen-bond acceptors (Lipinski definition) is 5. The molecule has 2 aromatic carbocycles. The standard InChI is InChI=1S/C27H38ClN3O5S/c1-6-7-16-29-27(33)21(3)30(19-22-12-10-20(2)11-13-22)26(32)9-8-17-31(37(5,34)35)23-14-15-25(36-4)24(28)18-23/h10-15,18,21H,6-9,16-17,19H2,1-5H3,(H,29,33)/t21-/m1/s1. The molecule has 0 aromatic heterocycles. The number of hydrogen-bond donors (Lipinski definition) is 1. The summed E-state index contributed by atoms with van der Waals surface area (Å²) in [6.07, 6.45) is 3.27. The number of aryl methyl sites for hydroxylation is 1. The van der Waals surface area contributed by atoms with Crippen molar-refractivity contribution in [1.82, 2.24) is 10.2 Å². The average molecular weight is 552 g/mol. The fraction of sp³-hybridized carbons (Fsp3) is 0.481. The molecule has 1 N–H and O–H groups in total. The van der Waals surface area contributed by atoms with Gasteiger partial charge in [0.1, 0.15) is 11.8 Å². The molecule has 2 rings (SSSR count). The monoisotopic (exact) mass is 551 g/mol. The molecule has 2 amide bonds. The van der Waals surface area contributed by atoms with Gasteiger partial charge in [-0.2, -0.15) is 0 Å². The lowest BCUT2D eigenvalue weighted by Gasteiger charge is -2.29. The molecule has 0 bridgehead atoms. The molecule has 0 saturated carbocycles. The number of amides is 2. The van der Waals surface area contributed by atoms with Crippen LogP contribution in [0.3, 0.4) is 0 Å². The molecule has 0 saturated heterocycles. The van der Waals surface area contributed by atoms with E-state index in [2.05, 4.69) is 5.32 Å². The third-order valence-corrected chi connectivity index (χ3v) is 7.54. The highest BCUT2D eigenvalue weighted by Gasteiger charge is 2.26. The van der Waals surface area contributed by atoms with Crippen LogP contribution in [0.5, 0.6) is 5.75 Å². The Bertz CT molecular complexity index is 1160. The van der Waals surface area contributed by atoms with Crippen molar-refractivity contribution in [2.24, 2.45) is 0 Å². The Kier molecular flexibility index (Phi) is 11.7. The highest BCUT2D eigenvalue weighted by molar-refractivity contribution is 7.92. The third-order valence-electron chi connectivity index (χ3n) is 6.05. The zero-order valence-electron chi connectivity index (χ0n) is 22.3. The highest BCUT2D eigenvalue weighted by Crippen LogP contribution is 2.30. The average Bonchev–Trinajstić information content (AvgIpc) is 2.85. The third kappa shape index (κ3) is 9.23. The van der Waals surface area contributed by atoms with Gasteiger partial charge in [0, 0.05) is 26.1 Å². The Morgan fingerprint density at radius 3 is 2.35 bits per heavy atom. The summed E-state index contributed by atoms with van der Waals surface area (Å²) in [5.41, 5.74) is 2.41. The molecule has 0 radical (unpaired) electrons. The first-order valence-electron chi connectivity index (χ1n) is 12.4. The van der Waals surface area contributed by atoms with Crippen molar-refractivity contribution in [3.8, 4) is 5.75 Å². The Morgan fingerprint density at radius 2 is 1.78 bits per heavy atom. The van der Waals surface area contributed by atoms with Crippen molar-refractivity contribution in [2.75, 3.05) is 30.8 Å². The van der Waals surface area contributed by atoms with E-state index in [9.17, 15) is 18.0 Å². The molecule has 37 heavy (non-hydrogen) atoms. The van der Waals surface area contributed by atoms with Crippen LogP contribution in [0, 0.1) is 6.92 Å². The smallest absolute Gasteiger partial charge is 0.242 e. The zero-order valence-corrected chi connectivity index (χ0v) is 23.9. The Labute approximate surface area is 226 Å². The highest BCUT2D eigenvalue weighted by atomic mass is 35.5. The predicted molar refractivity (Wildman–Crippen MR) is 149 cm³/mol. The van der Waals surface area contributed by atoms with E-state index in [1.54, 1.807) is 24.0 Å². The summed E-state index contributed by atoms with van der Waals surface area (Å²) in [5, 5.41) is 3.19. The molecule has 0 fully saturated rings. The lowest BCUT2D eigenvalue weighted by Crippen LogP contribution is -2.48. The van der Waals surface area contributed by atoms with Crippen LogP contribution < -0.4 is 14.4 Å². The van der Waals surface area contributed by atoms with Crippen LogP contribution in [0.1, 0.15) is 50.7 Å². The Morgan fingerprint density at radius 1 is 1.11 bits per heavy atom. The summed E-state index contributed by atoms with van der Waals surface area (Å²) in [7, 11) is -2.14. The fourth-order valence-electron chi connectivity index (χ4n) is 3.82. The van der Waals surface area contributed by atoms with E-state index in [4.69, 9.17) is 16.3 Å². The number of nitrogens with zero attached hydrogens (tertiary/aromatic N) is 2. The van der Waals surface area contributed by atoms with E-state index in [1.807, 2.05) is 38.1 Å². The number of rotatable bonds is 14. The van der Waals surface area contributed by atoms with Gasteiger partial charge in [-0.1, -0.05) is 54.8 Å². The number of sulfonamides is 1. The number of halogens is 1. The first-order valence-corrected chi connectivity index (χ1v) is 14.6. The quantitative estimate of drug-likeness (QED) is 0.348. The van der Waals surface area contributed by atoms with Crippen molar-refractivity contribution >= 4 is 39.1 Å². The van der Waals surface area contributed by atoms with Crippen LogP contribution in [0.4, 0.5) is 5.69 Å². The Hall–Kier alpha value is -2.78. The number of carbonyl (C=O) groups excluding carboxylic acids is 2. The van der Waals surface area contributed by atoms with Crippen LogP contribution in [0.15, 0.2) is 42.5 Å². The topological polar surface area (TPSA) is 96.0 Å². The number of nitrogens with one attached hydrogen (secondary N) is 1. The second kappa shape index (κ2) is 14.2. The molecule has 0 aliphatic rings. The van der Waals surface area contributed by atoms with Gasteiger partial charge in [-0.15, -0.1) is 0 Å². The first kappa shape index (κ1) is 30.4. The number of benzene rings is 2. The molecular formula is C27H38ClN3O5S. The minimum Gasteiger partial charge on any atom is -0.495 e. The molecular weight excluding hydrogens is 514 g/mol. The Balaban J connectivity index is 2.16. The van der Waals surface area contributed by atoms with Crippen molar-refractivity contribution in [3.63, 3.8) is 0 Å². The maximum Gasteiger partial charge on any atom is 0.242 e. The summed E-state index contributed by atoms with van der Waals surface area (Å²) in [6.45, 7) is 6.67. The summed E-state index contributed by atoms with van der Waals surface area (Å²) < 4.78 is 31.4. The van der Waals surface area contributed by atoms with E-state index in [0.29, 0.717) is 18.0 Å². The van der Waals surface area contributed by atoms with Gasteiger partial charge in [-0.3, -0.25) is 13.9 Å². The van der Waals surface area contributed by atoms with Crippen molar-refractivity contribution < 1.29 is 22.7 Å². The van der Waals surface area contributed by atoms with E-state index >= 15 is 0 Å². The molecule has 2 aromatic rings. The molecule has 8 nitrogen and oxygen atoms in total. The molecule has 0 aliphatic carbocycles. The molecule has 0 spiro atoms. The van der Waals surface area contributed by atoms with Crippen LogP contribution in [0.25, 0.3) is 0 Å². The lowest BCUT2D eigenvalue weighted by atomic mass is 10.1. The number of unbranched alkanes of at least 4 members (excludes halogenated alkanes) is 1. The summed E-state index contributed by atoms with van der Waals surface area (Å²) in [5.74, 6) is 0.00599. The van der Waals surface area contributed by atoms with Crippen molar-refractivity contribution in [2.45, 2.75) is 59.0 Å². The van der Waals surface area contributed by atoms with Gasteiger partial charge in [0.25, 0.3) is 0 Å². The molecule has 10 heteroatoms. The minimum absolute atomic E-state index is 0.0777. The fourth-order valence-corrected chi connectivity index (χ4v) is 5.03. The van der Waals surface area contributed by atoms with Crippen LogP contribution in [-0.4, -0.2) is 57.6 Å². The van der Waals surface area contributed by atoms with Gasteiger partial charge in [0.05, 0.1) is 24.1 Å². The van der Waals surface area contributed by atoms with E-state index < -0.39 is 16.1 Å². The molecule has 1 atom stereocenters. The second-order valence-corrected chi connectivity index (χ2v) is 11.4. The second-order valence-electron chi connectivity index (χ2n) is 9.09. The normalized spacial score (nSPS) is 12.1. The zero-order chi connectivity index (χ0) is 27.6. The van der Waals surface area contributed by atoms with Crippen molar-refractivity contribution in [3.05, 3.63) is 58.6 Å². The number of methoxy groups -OCH3 is 1. The number of carbonyl (C=O) groups is 2. The van der Waals surface area contributed by atoms with Gasteiger partial charge >= 0.3 is 0 Å². The van der Waals surface area contributed by atoms with Gasteiger partial charge in [-0.25, -0.2) is 8.42 Å². The maximum absolute atomic E-state index is 13.3. The molecule has 204 valence electrons. The summed E-state index contributed by atoms with van der Waals surface area (Å²) in [6, 6.07) is 11.9. The van der Waals surface area contributed by atoms with Crippen molar-refractivity contribution in [1.29, 1.82) is 0 Å². The van der Waals surface area contributed by atoms with E-state index in [-0.39, 0.29) is 42.8 Å². The van der Waals surface area contributed by atoms with Gasteiger partial charge in [0.2, 0.25) is 21.8 Å². The van der Waals surface area contributed by atoms with Gasteiger partial charge in [-0.05, 0) is 50.5 Å². The maximum atomic E-state index is 13.3. The minimum atomic E-state index is -3.62. The predicted octanol–water partition coefficient (Wildman–Crippen LogP) is 4.54. The molecule has 0 unspecified atom stereocenters. The summed E-state index contributed by atoms with van der Waals surface area (Å²) >= 11 is 6.20. The number of anilines is 1. The molecule has 0 aliphatic heterocycles. The van der Waals surface area contributed by atoms with Crippen LogP contribution in [0.2, 0.25) is 5.02 Å². The van der Waals surface area contributed by atoms with Crippen LogP contribution in [-0.2, 0) is 26.2 Å². The van der Waals surface area contributed by atoms with Gasteiger partial charge in [0.15, 0.2) is 0 Å². The SMILES string of the molecule is CCCCNC(=O)[C@@H](C)N(Cc1ccc(C)cc1)C(=O)CCCN(c1ccc(OC)c(Cl)c1)S(C)(=O)=O. The largest absolute Gasteiger partial charge is 0.495 e. The first-order chi connectivity index (χ1) is 17.5. The number of ether oxygens (including phenoxy) is 1. The molecule has 0 heterocycles. The lowest BCUT2D eigenvalue weighted by molar-refractivity contribution is -0.140. The van der Waals surface area contributed by atoms with Gasteiger partial charge < -0.3 is 15.0 Å². The van der Waals surface area contributed by atoms with E-state index in [0.717, 1.165) is 30.2 Å². The summed E-state index contributed by atoms with van der Waals surface area (Å²) in [4.78, 5) is 27.7.